The summed E-state index contributed by atoms with van der Waals surface area (Å²) in [4.78, 5) is 40.8. The second kappa shape index (κ2) is 8.83. The minimum absolute atomic E-state index is 0.102. The fourth-order valence-electron chi connectivity index (χ4n) is 3.78. The van der Waals surface area contributed by atoms with Gasteiger partial charge in [0.2, 0.25) is 0 Å². The Morgan fingerprint density at radius 3 is 2.29 bits per heavy atom. The second-order valence-corrected chi connectivity index (χ2v) is 8.52. The predicted molar refractivity (Wildman–Crippen MR) is 122 cm³/mol. The van der Waals surface area contributed by atoms with Gasteiger partial charge in [-0.3, -0.25) is 19.3 Å². The first-order valence-corrected chi connectivity index (χ1v) is 11.0. The molecule has 0 bridgehead atoms. The van der Waals surface area contributed by atoms with Crippen molar-refractivity contribution in [1.29, 1.82) is 0 Å². The standard InChI is InChI=1S/C24H23N3O3S/c1-2-27-13-12-18-19(14-27)31-24(20(18)22(25)29)26-23(30)17-10-8-16(9-11-17)21(28)15-6-4-3-5-7-15/h3-11H,2,12-14H2,1H3,(H2,25,29)(H,26,30). The van der Waals surface area contributed by atoms with Gasteiger partial charge in [-0.1, -0.05) is 49.4 Å². The van der Waals surface area contributed by atoms with E-state index in [-0.39, 0.29) is 11.7 Å². The number of likely N-dealkylation sites (N-methyl/N-ethyl adjacent to an activating group) is 1. The molecule has 0 fully saturated rings. The van der Waals surface area contributed by atoms with Crippen molar-refractivity contribution < 1.29 is 14.4 Å². The Morgan fingerprint density at radius 1 is 1.00 bits per heavy atom. The summed E-state index contributed by atoms with van der Waals surface area (Å²) >= 11 is 1.41. The molecule has 3 N–H and O–H groups in total. The molecular formula is C24H23N3O3S. The average Bonchev–Trinajstić information content (AvgIpc) is 3.16. The third kappa shape index (κ3) is 4.28. The summed E-state index contributed by atoms with van der Waals surface area (Å²) in [7, 11) is 0. The van der Waals surface area contributed by atoms with Gasteiger partial charge < -0.3 is 11.1 Å². The minimum atomic E-state index is -0.526. The van der Waals surface area contributed by atoms with Crippen LogP contribution in [-0.4, -0.2) is 35.6 Å². The fourth-order valence-corrected chi connectivity index (χ4v) is 5.07. The molecule has 0 saturated heterocycles. The average molecular weight is 434 g/mol. The van der Waals surface area contributed by atoms with E-state index >= 15 is 0 Å². The first-order valence-electron chi connectivity index (χ1n) is 10.2. The van der Waals surface area contributed by atoms with Crippen LogP contribution in [0.1, 0.15) is 54.0 Å². The molecule has 0 spiro atoms. The van der Waals surface area contributed by atoms with E-state index in [0.717, 1.165) is 36.5 Å². The maximum Gasteiger partial charge on any atom is 0.256 e. The molecule has 7 heteroatoms. The predicted octanol–water partition coefficient (Wildman–Crippen LogP) is 3.71. The van der Waals surface area contributed by atoms with Crippen LogP contribution in [0.15, 0.2) is 54.6 Å². The highest BCUT2D eigenvalue weighted by Crippen LogP contribution is 2.37. The van der Waals surface area contributed by atoms with E-state index in [0.29, 0.717) is 27.3 Å². The van der Waals surface area contributed by atoms with Crippen molar-refractivity contribution in [2.75, 3.05) is 18.4 Å². The van der Waals surface area contributed by atoms with Crippen LogP contribution >= 0.6 is 11.3 Å². The summed E-state index contributed by atoms with van der Waals surface area (Å²) in [6, 6.07) is 15.5. The Labute approximate surface area is 184 Å². The lowest BCUT2D eigenvalue weighted by Crippen LogP contribution is -2.30. The van der Waals surface area contributed by atoms with Crippen molar-refractivity contribution in [3.63, 3.8) is 0 Å². The molecule has 2 amide bonds. The summed E-state index contributed by atoms with van der Waals surface area (Å²) in [5.74, 6) is -0.969. The lowest BCUT2D eigenvalue weighted by Gasteiger charge is -2.25. The van der Waals surface area contributed by atoms with Crippen molar-refractivity contribution in [2.24, 2.45) is 5.73 Å². The van der Waals surface area contributed by atoms with Crippen LogP contribution in [0, 0.1) is 0 Å². The Balaban J connectivity index is 1.54. The van der Waals surface area contributed by atoms with Gasteiger partial charge in [-0.15, -0.1) is 11.3 Å². The second-order valence-electron chi connectivity index (χ2n) is 7.42. The molecule has 158 valence electrons. The zero-order chi connectivity index (χ0) is 22.0. The molecule has 2 heterocycles. The Bertz CT molecular complexity index is 1140. The van der Waals surface area contributed by atoms with E-state index in [1.54, 1.807) is 36.4 Å². The molecular weight excluding hydrogens is 410 g/mol. The number of anilines is 1. The number of primary amides is 1. The van der Waals surface area contributed by atoms with Gasteiger partial charge >= 0.3 is 0 Å². The molecule has 0 atom stereocenters. The van der Waals surface area contributed by atoms with Gasteiger partial charge in [-0.05, 0) is 30.7 Å². The van der Waals surface area contributed by atoms with Gasteiger partial charge in [0.05, 0.1) is 5.56 Å². The number of carbonyl (C=O) groups excluding carboxylic acids is 3. The van der Waals surface area contributed by atoms with Crippen molar-refractivity contribution in [3.05, 3.63) is 87.3 Å². The molecule has 31 heavy (non-hydrogen) atoms. The fraction of sp³-hybridized carbons (Fsp3) is 0.208. The molecule has 2 aromatic carbocycles. The van der Waals surface area contributed by atoms with Crippen LogP contribution in [0.3, 0.4) is 0 Å². The van der Waals surface area contributed by atoms with Crippen LogP contribution < -0.4 is 11.1 Å². The van der Waals surface area contributed by atoms with Crippen molar-refractivity contribution in [3.8, 4) is 0 Å². The molecule has 1 aromatic heterocycles. The van der Waals surface area contributed by atoms with Gasteiger partial charge in [-0.25, -0.2) is 0 Å². The number of benzene rings is 2. The highest BCUT2D eigenvalue weighted by Gasteiger charge is 2.27. The van der Waals surface area contributed by atoms with Gasteiger partial charge in [0.15, 0.2) is 5.78 Å². The molecule has 6 nitrogen and oxygen atoms in total. The summed E-state index contributed by atoms with van der Waals surface area (Å²) in [6.07, 6.45) is 0.740. The quantitative estimate of drug-likeness (QED) is 0.580. The zero-order valence-corrected chi connectivity index (χ0v) is 18.0. The molecule has 0 saturated carbocycles. The summed E-state index contributed by atoms with van der Waals surface area (Å²) in [6.45, 7) is 4.65. The third-order valence-corrected chi connectivity index (χ3v) is 6.63. The smallest absolute Gasteiger partial charge is 0.256 e. The van der Waals surface area contributed by atoms with Crippen LogP contribution in [0.25, 0.3) is 0 Å². The number of amides is 2. The number of nitrogens with one attached hydrogen (secondary N) is 1. The van der Waals surface area contributed by atoms with Crippen LogP contribution in [0.4, 0.5) is 5.00 Å². The number of hydrogen-bond donors (Lipinski definition) is 2. The van der Waals surface area contributed by atoms with Gasteiger partial charge in [0.1, 0.15) is 5.00 Å². The summed E-state index contributed by atoms with van der Waals surface area (Å²) < 4.78 is 0. The first kappa shape index (κ1) is 21.0. The lowest BCUT2D eigenvalue weighted by molar-refractivity contribution is 0.0998. The Hall–Kier alpha value is -3.29. The number of fused-ring (bicyclic) bond motifs is 1. The van der Waals surface area contributed by atoms with E-state index in [4.69, 9.17) is 5.73 Å². The molecule has 3 aromatic rings. The van der Waals surface area contributed by atoms with Gasteiger partial charge in [0, 0.05) is 34.7 Å². The van der Waals surface area contributed by atoms with Crippen LogP contribution in [-0.2, 0) is 13.0 Å². The number of rotatable bonds is 6. The van der Waals surface area contributed by atoms with Gasteiger partial charge in [-0.2, -0.15) is 0 Å². The van der Waals surface area contributed by atoms with Crippen molar-refractivity contribution in [2.45, 2.75) is 19.9 Å². The van der Waals surface area contributed by atoms with E-state index in [2.05, 4.69) is 17.1 Å². The van der Waals surface area contributed by atoms with E-state index in [1.165, 1.54) is 11.3 Å². The van der Waals surface area contributed by atoms with Crippen LogP contribution in [0.5, 0.6) is 0 Å². The highest BCUT2D eigenvalue weighted by molar-refractivity contribution is 7.17. The number of nitrogens with zero attached hydrogens (tertiary/aromatic N) is 1. The Kier molecular flexibility index (Phi) is 5.97. The Morgan fingerprint density at radius 2 is 1.65 bits per heavy atom. The topological polar surface area (TPSA) is 92.5 Å². The monoisotopic (exact) mass is 433 g/mol. The molecule has 4 rings (SSSR count). The number of ketones is 1. The number of thiophene rings is 1. The normalized spacial score (nSPS) is 13.5. The van der Waals surface area contributed by atoms with E-state index in [9.17, 15) is 14.4 Å². The molecule has 0 aliphatic carbocycles. The third-order valence-electron chi connectivity index (χ3n) is 5.50. The first-order chi connectivity index (χ1) is 15.0. The molecule has 1 aliphatic rings. The number of nitrogens with two attached hydrogens (primary N) is 1. The number of hydrogen-bond acceptors (Lipinski definition) is 5. The molecule has 0 radical (unpaired) electrons. The van der Waals surface area contributed by atoms with Crippen molar-refractivity contribution >= 4 is 33.9 Å². The number of carbonyl (C=O) groups is 3. The van der Waals surface area contributed by atoms with E-state index < -0.39 is 5.91 Å². The van der Waals surface area contributed by atoms with Gasteiger partial charge in [0.25, 0.3) is 11.8 Å². The maximum absolute atomic E-state index is 12.8. The molecule has 0 unspecified atom stereocenters. The largest absolute Gasteiger partial charge is 0.365 e. The summed E-state index contributed by atoms with van der Waals surface area (Å²) in [5, 5.41) is 3.34. The SMILES string of the molecule is CCN1CCc2c(sc(NC(=O)c3ccc(C(=O)c4ccccc4)cc3)c2C(N)=O)C1. The van der Waals surface area contributed by atoms with Crippen LogP contribution in [0.2, 0.25) is 0 Å². The lowest BCUT2D eigenvalue weighted by atomic mass is 10.0. The minimum Gasteiger partial charge on any atom is -0.365 e. The maximum atomic E-state index is 12.8. The highest BCUT2D eigenvalue weighted by atomic mass is 32.1. The zero-order valence-electron chi connectivity index (χ0n) is 17.2. The van der Waals surface area contributed by atoms with E-state index in [1.807, 2.05) is 18.2 Å². The molecule has 1 aliphatic heterocycles. The van der Waals surface area contributed by atoms with Crippen molar-refractivity contribution in [1.82, 2.24) is 4.90 Å². The summed E-state index contributed by atoms with van der Waals surface area (Å²) in [5.41, 5.74) is 8.50.